The molecule has 21 heavy (non-hydrogen) atoms. The fraction of sp³-hybridized carbons (Fsp3) is 0.667. The van der Waals surface area contributed by atoms with Crippen molar-refractivity contribution in [3.8, 4) is 0 Å². The van der Waals surface area contributed by atoms with Gasteiger partial charge in [-0.05, 0) is 32.0 Å². The Hall–Kier alpha value is -0.900. The second-order valence-corrected chi connectivity index (χ2v) is 6.54. The molecular weight excluding hydrogens is 260 g/mol. The smallest absolute Gasteiger partial charge is 0.0702 e. The van der Waals surface area contributed by atoms with E-state index in [0.29, 0.717) is 6.10 Å². The number of likely N-dealkylation sites (N-methyl/N-ethyl adjacent to an activating group) is 2. The molecule has 1 saturated heterocycles. The van der Waals surface area contributed by atoms with Crippen molar-refractivity contribution in [1.29, 1.82) is 0 Å². The van der Waals surface area contributed by atoms with Gasteiger partial charge in [0.2, 0.25) is 0 Å². The van der Waals surface area contributed by atoms with Crippen LogP contribution in [0.4, 0.5) is 0 Å². The van der Waals surface area contributed by atoms with Crippen LogP contribution in [0.25, 0.3) is 0 Å². The summed E-state index contributed by atoms with van der Waals surface area (Å²) in [5.74, 6) is 0. The number of rotatable bonds is 8. The molecule has 1 N–H and O–H groups in total. The van der Waals surface area contributed by atoms with Gasteiger partial charge < -0.3 is 15.0 Å². The van der Waals surface area contributed by atoms with Crippen molar-refractivity contribution >= 4 is 0 Å². The summed E-state index contributed by atoms with van der Waals surface area (Å²) in [6.07, 6.45) is 2.85. The predicted molar refractivity (Wildman–Crippen MR) is 88.8 cm³/mol. The lowest BCUT2D eigenvalue weighted by Crippen LogP contribution is -2.46. The summed E-state index contributed by atoms with van der Waals surface area (Å²) in [5, 5.41) is 3.53. The Morgan fingerprint density at radius 2 is 2.10 bits per heavy atom. The number of hydrogen-bond acceptors (Lipinski definition) is 3. The van der Waals surface area contributed by atoms with Crippen LogP contribution in [-0.2, 0) is 10.2 Å². The molecule has 3 nitrogen and oxygen atoms in total. The fourth-order valence-corrected chi connectivity index (χ4v) is 3.29. The van der Waals surface area contributed by atoms with Crippen LogP contribution >= 0.6 is 0 Å². The van der Waals surface area contributed by atoms with E-state index in [9.17, 15) is 0 Å². The third kappa shape index (κ3) is 4.80. The molecule has 1 aliphatic heterocycles. The molecule has 0 aliphatic carbocycles. The van der Waals surface area contributed by atoms with Crippen LogP contribution in [0.15, 0.2) is 30.3 Å². The minimum atomic E-state index is 0.130. The normalized spacial score (nSPS) is 21.6. The first-order valence-corrected chi connectivity index (χ1v) is 8.20. The van der Waals surface area contributed by atoms with Gasteiger partial charge in [0.25, 0.3) is 0 Å². The molecule has 2 atom stereocenters. The summed E-state index contributed by atoms with van der Waals surface area (Å²) in [4.78, 5) is 2.43. The second kappa shape index (κ2) is 7.92. The summed E-state index contributed by atoms with van der Waals surface area (Å²) in [6, 6.07) is 10.9. The summed E-state index contributed by atoms with van der Waals surface area (Å²) in [5.41, 5.74) is 1.54. The third-order valence-electron chi connectivity index (χ3n) is 4.39. The zero-order chi connectivity index (χ0) is 15.1. The summed E-state index contributed by atoms with van der Waals surface area (Å²) >= 11 is 0. The average Bonchev–Trinajstić information content (AvgIpc) is 2.99. The predicted octanol–water partition coefficient (Wildman–Crippen LogP) is 2.66. The highest BCUT2D eigenvalue weighted by molar-refractivity contribution is 5.25. The average molecular weight is 290 g/mol. The molecule has 0 radical (unpaired) electrons. The van der Waals surface area contributed by atoms with E-state index in [0.717, 1.165) is 32.8 Å². The maximum atomic E-state index is 5.77. The Morgan fingerprint density at radius 3 is 2.71 bits per heavy atom. The molecule has 1 aromatic carbocycles. The molecular formula is C18H30N2O. The molecule has 2 unspecified atom stereocenters. The van der Waals surface area contributed by atoms with Gasteiger partial charge in [0.05, 0.1) is 6.10 Å². The molecule has 1 heterocycles. The van der Waals surface area contributed by atoms with Gasteiger partial charge in [0.15, 0.2) is 0 Å². The van der Waals surface area contributed by atoms with Crippen LogP contribution in [0.3, 0.4) is 0 Å². The zero-order valence-electron chi connectivity index (χ0n) is 13.8. The van der Waals surface area contributed by atoms with E-state index >= 15 is 0 Å². The number of nitrogens with zero attached hydrogens (tertiary/aromatic N) is 1. The molecule has 0 amide bonds. The molecule has 0 saturated carbocycles. The molecule has 2 rings (SSSR count). The van der Waals surface area contributed by atoms with Crippen molar-refractivity contribution < 1.29 is 4.74 Å². The Balaban J connectivity index is 2.01. The van der Waals surface area contributed by atoms with Gasteiger partial charge in [-0.25, -0.2) is 0 Å². The van der Waals surface area contributed by atoms with Crippen LogP contribution in [0.5, 0.6) is 0 Å². The third-order valence-corrected chi connectivity index (χ3v) is 4.39. The van der Waals surface area contributed by atoms with E-state index in [2.05, 4.69) is 61.4 Å². The Morgan fingerprint density at radius 1 is 1.33 bits per heavy atom. The van der Waals surface area contributed by atoms with E-state index < -0.39 is 0 Å². The van der Waals surface area contributed by atoms with Crippen molar-refractivity contribution in [2.24, 2.45) is 0 Å². The van der Waals surface area contributed by atoms with E-state index in [4.69, 9.17) is 4.74 Å². The monoisotopic (exact) mass is 290 g/mol. The maximum absolute atomic E-state index is 5.77. The van der Waals surface area contributed by atoms with Gasteiger partial charge in [-0.15, -0.1) is 0 Å². The number of nitrogens with one attached hydrogen (secondary N) is 1. The second-order valence-electron chi connectivity index (χ2n) is 6.54. The lowest BCUT2D eigenvalue weighted by Gasteiger charge is -2.35. The van der Waals surface area contributed by atoms with Crippen LogP contribution in [-0.4, -0.2) is 50.8 Å². The van der Waals surface area contributed by atoms with Crippen molar-refractivity contribution in [2.45, 2.75) is 38.2 Å². The lowest BCUT2D eigenvalue weighted by molar-refractivity contribution is 0.0748. The van der Waals surface area contributed by atoms with Gasteiger partial charge in [-0.1, -0.05) is 44.2 Å². The standard InChI is InChI=1S/C18H30N2O/c1-4-19-14-18(2,16-9-6-5-7-10-16)15-20(3)13-17-11-8-12-21-17/h5-7,9-10,17,19H,4,8,11-15H2,1-3H3. The van der Waals surface area contributed by atoms with Gasteiger partial charge >= 0.3 is 0 Å². The largest absolute Gasteiger partial charge is 0.377 e. The first kappa shape index (κ1) is 16.5. The fourth-order valence-electron chi connectivity index (χ4n) is 3.29. The van der Waals surface area contributed by atoms with Gasteiger partial charge in [0, 0.05) is 31.7 Å². The van der Waals surface area contributed by atoms with Crippen LogP contribution in [0.2, 0.25) is 0 Å². The Labute approximate surface area is 129 Å². The highest BCUT2D eigenvalue weighted by atomic mass is 16.5. The van der Waals surface area contributed by atoms with Gasteiger partial charge in [-0.3, -0.25) is 0 Å². The van der Waals surface area contributed by atoms with E-state index in [1.807, 2.05) is 0 Å². The number of ether oxygens (including phenoxy) is 1. The molecule has 0 bridgehead atoms. The van der Waals surface area contributed by atoms with Crippen LogP contribution < -0.4 is 5.32 Å². The van der Waals surface area contributed by atoms with Crippen molar-refractivity contribution in [1.82, 2.24) is 10.2 Å². The van der Waals surface area contributed by atoms with Crippen LogP contribution in [0.1, 0.15) is 32.3 Å². The maximum Gasteiger partial charge on any atom is 0.0702 e. The van der Waals surface area contributed by atoms with E-state index in [-0.39, 0.29) is 5.41 Å². The summed E-state index contributed by atoms with van der Waals surface area (Å²) in [6.45, 7) is 9.56. The van der Waals surface area contributed by atoms with Gasteiger partial charge in [-0.2, -0.15) is 0 Å². The lowest BCUT2D eigenvalue weighted by atomic mass is 9.81. The molecule has 118 valence electrons. The van der Waals surface area contributed by atoms with Crippen LogP contribution in [0, 0.1) is 0 Å². The number of benzene rings is 1. The van der Waals surface area contributed by atoms with Crippen molar-refractivity contribution in [3.63, 3.8) is 0 Å². The Kier molecular flexibility index (Phi) is 6.22. The zero-order valence-corrected chi connectivity index (χ0v) is 13.8. The van der Waals surface area contributed by atoms with Crippen molar-refractivity contribution in [3.05, 3.63) is 35.9 Å². The van der Waals surface area contributed by atoms with Crippen molar-refractivity contribution in [2.75, 3.05) is 39.8 Å². The SMILES string of the molecule is CCNCC(C)(CN(C)CC1CCCO1)c1ccccc1. The minimum absolute atomic E-state index is 0.130. The molecule has 1 aliphatic rings. The quantitative estimate of drug-likeness (QED) is 0.796. The highest BCUT2D eigenvalue weighted by Crippen LogP contribution is 2.25. The highest BCUT2D eigenvalue weighted by Gasteiger charge is 2.29. The molecule has 0 spiro atoms. The first-order valence-electron chi connectivity index (χ1n) is 8.20. The molecule has 3 heteroatoms. The molecule has 1 aromatic rings. The molecule has 1 fully saturated rings. The topological polar surface area (TPSA) is 24.5 Å². The molecule has 0 aromatic heterocycles. The minimum Gasteiger partial charge on any atom is -0.377 e. The Bertz CT molecular complexity index is 403. The van der Waals surface area contributed by atoms with E-state index in [1.54, 1.807) is 0 Å². The summed E-state index contributed by atoms with van der Waals surface area (Å²) < 4.78 is 5.77. The first-order chi connectivity index (χ1) is 10.1. The van der Waals surface area contributed by atoms with Gasteiger partial charge in [0.1, 0.15) is 0 Å². The summed E-state index contributed by atoms with van der Waals surface area (Å²) in [7, 11) is 2.22. The number of hydrogen-bond donors (Lipinski definition) is 1. The van der Waals surface area contributed by atoms with E-state index in [1.165, 1.54) is 18.4 Å².